The lowest BCUT2D eigenvalue weighted by molar-refractivity contribution is -0.123. The second-order valence-electron chi connectivity index (χ2n) is 4.66. The average Bonchev–Trinajstić information content (AvgIpc) is 2.53. The van der Waals surface area contributed by atoms with Gasteiger partial charge in [-0.05, 0) is 31.2 Å². The maximum absolute atomic E-state index is 12.7. The van der Waals surface area contributed by atoms with Crippen molar-refractivity contribution in [3.63, 3.8) is 0 Å². The first-order valence-corrected chi connectivity index (χ1v) is 7.34. The quantitative estimate of drug-likeness (QED) is 0.370. The Morgan fingerprint density at radius 2 is 1.91 bits per heavy atom. The Balaban J connectivity index is 2.37. The Bertz CT molecular complexity index is 716. The molecular weight excluding hydrogens is 348 g/mol. The smallest absolute Gasteiger partial charge is 0.271 e. The molecule has 0 aliphatic rings. The van der Waals surface area contributed by atoms with E-state index in [9.17, 15) is 9.59 Å². The summed E-state index contributed by atoms with van der Waals surface area (Å²) in [5.41, 5.74) is 3.83. The summed E-state index contributed by atoms with van der Waals surface area (Å²) in [7, 11) is 0. The average molecular weight is 363 g/mol. The molecule has 0 unspecified atom stereocenters. The fourth-order valence-corrected chi connectivity index (χ4v) is 2.39. The molecule has 6 heteroatoms. The summed E-state index contributed by atoms with van der Waals surface area (Å²) in [5, 5.41) is 0. The number of amides is 1. The molecule has 114 valence electrons. The van der Waals surface area contributed by atoms with Crippen molar-refractivity contribution < 1.29 is 14.3 Å². The fraction of sp³-hybridized carbons (Fsp3) is 0.125. The molecule has 5 nitrogen and oxygen atoms in total. The van der Waals surface area contributed by atoms with Crippen molar-refractivity contribution in [3.05, 3.63) is 63.6 Å². The molecule has 0 saturated carbocycles. The minimum absolute atomic E-state index is 0.181. The van der Waals surface area contributed by atoms with Crippen LogP contribution >= 0.6 is 15.9 Å². The van der Waals surface area contributed by atoms with E-state index in [1.54, 1.807) is 30.3 Å². The van der Waals surface area contributed by atoms with Gasteiger partial charge in [-0.3, -0.25) is 15.0 Å². The molecule has 2 aromatic carbocycles. The number of ketones is 1. The monoisotopic (exact) mass is 362 g/mol. The summed E-state index contributed by atoms with van der Waals surface area (Å²) in [6.07, 6.45) is 0. The molecule has 3 N–H and O–H groups in total. The van der Waals surface area contributed by atoms with Crippen molar-refractivity contribution in [2.24, 2.45) is 5.84 Å². The van der Waals surface area contributed by atoms with Crippen LogP contribution in [0.4, 0.5) is 0 Å². The van der Waals surface area contributed by atoms with Gasteiger partial charge >= 0.3 is 0 Å². The van der Waals surface area contributed by atoms with Crippen LogP contribution in [-0.2, 0) is 4.79 Å². The lowest BCUT2D eigenvalue weighted by Crippen LogP contribution is -2.34. The molecule has 0 saturated heterocycles. The lowest BCUT2D eigenvalue weighted by atomic mass is 10.0. The third-order valence-electron chi connectivity index (χ3n) is 3.02. The molecule has 0 fully saturated rings. The molecule has 0 radical (unpaired) electrons. The van der Waals surface area contributed by atoms with Gasteiger partial charge in [0.2, 0.25) is 0 Å². The van der Waals surface area contributed by atoms with E-state index in [1.807, 2.05) is 24.5 Å². The molecule has 0 aliphatic carbocycles. The number of benzene rings is 2. The van der Waals surface area contributed by atoms with Crippen LogP contribution in [0, 0.1) is 6.92 Å². The normalized spacial score (nSPS) is 10.1. The van der Waals surface area contributed by atoms with Gasteiger partial charge in [-0.1, -0.05) is 39.7 Å². The Morgan fingerprint density at radius 1 is 1.18 bits per heavy atom. The summed E-state index contributed by atoms with van der Waals surface area (Å²) in [4.78, 5) is 23.9. The number of hydrogen-bond donors (Lipinski definition) is 2. The zero-order chi connectivity index (χ0) is 16.1. The number of aryl methyl sites for hydroxylation is 1. The van der Waals surface area contributed by atoms with Crippen molar-refractivity contribution in [1.82, 2.24) is 5.43 Å². The molecule has 0 aromatic heterocycles. The third-order valence-corrected chi connectivity index (χ3v) is 3.71. The Labute approximate surface area is 136 Å². The number of carbonyl (C=O) groups is 2. The highest BCUT2D eigenvalue weighted by atomic mass is 79.9. The van der Waals surface area contributed by atoms with Crippen LogP contribution < -0.4 is 16.0 Å². The predicted molar refractivity (Wildman–Crippen MR) is 86.6 cm³/mol. The standard InChI is InChI=1S/C16H15BrN2O3/c1-10-6-7-14(22-9-15(20)19-18)12(8-10)16(21)11-4-2-3-5-13(11)17/h2-8H,9,18H2,1H3,(H,19,20). The molecule has 2 rings (SSSR count). The molecule has 0 heterocycles. The highest BCUT2D eigenvalue weighted by Crippen LogP contribution is 2.26. The molecule has 22 heavy (non-hydrogen) atoms. The van der Waals surface area contributed by atoms with Crippen LogP contribution in [0.5, 0.6) is 5.75 Å². The zero-order valence-corrected chi connectivity index (χ0v) is 13.5. The van der Waals surface area contributed by atoms with E-state index < -0.39 is 5.91 Å². The minimum atomic E-state index is -0.472. The topological polar surface area (TPSA) is 81.4 Å². The molecule has 0 spiro atoms. The van der Waals surface area contributed by atoms with E-state index >= 15 is 0 Å². The second kappa shape index (κ2) is 7.20. The first kappa shape index (κ1) is 16.2. The Morgan fingerprint density at radius 3 is 2.59 bits per heavy atom. The molecule has 1 amide bonds. The van der Waals surface area contributed by atoms with Gasteiger partial charge in [0, 0.05) is 10.0 Å². The van der Waals surface area contributed by atoms with E-state index in [0.29, 0.717) is 21.3 Å². The largest absolute Gasteiger partial charge is 0.483 e. The van der Waals surface area contributed by atoms with Crippen LogP contribution in [0.2, 0.25) is 0 Å². The van der Waals surface area contributed by atoms with Gasteiger partial charge in [-0.25, -0.2) is 5.84 Å². The first-order valence-electron chi connectivity index (χ1n) is 6.55. The van der Waals surface area contributed by atoms with Gasteiger partial charge in [0.15, 0.2) is 12.4 Å². The number of rotatable bonds is 5. The summed E-state index contributed by atoms with van der Waals surface area (Å²) in [5.74, 6) is 4.71. The van der Waals surface area contributed by atoms with Gasteiger partial charge in [0.1, 0.15) is 5.75 Å². The number of nitrogens with two attached hydrogens (primary N) is 1. The highest BCUT2D eigenvalue weighted by Gasteiger charge is 2.17. The summed E-state index contributed by atoms with van der Waals surface area (Å²) in [6, 6.07) is 12.4. The fourth-order valence-electron chi connectivity index (χ4n) is 1.92. The first-order chi connectivity index (χ1) is 10.5. The van der Waals surface area contributed by atoms with Crippen LogP contribution in [0.1, 0.15) is 21.5 Å². The number of halogens is 1. The zero-order valence-electron chi connectivity index (χ0n) is 11.9. The molecular formula is C16H15BrN2O3. The Kier molecular flexibility index (Phi) is 5.30. The van der Waals surface area contributed by atoms with Gasteiger partial charge in [0.05, 0.1) is 5.56 Å². The SMILES string of the molecule is Cc1ccc(OCC(=O)NN)c(C(=O)c2ccccc2Br)c1. The maximum Gasteiger partial charge on any atom is 0.271 e. The number of hydrogen-bond acceptors (Lipinski definition) is 4. The van der Waals surface area contributed by atoms with Gasteiger partial charge in [0.25, 0.3) is 5.91 Å². The van der Waals surface area contributed by atoms with E-state index in [1.165, 1.54) is 0 Å². The van der Waals surface area contributed by atoms with Crippen molar-refractivity contribution >= 4 is 27.6 Å². The van der Waals surface area contributed by atoms with Crippen molar-refractivity contribution in [1.29, 1.82) is 0 Å². The summed E-state index contributed by atoms with van der Waals surface area (Å²) in [6.45, 7) is 1.63. The highest BCUT2D eigenvalue weighted by molar-refractivity contribution is 9.10. The third kappa shape index (κ3) is 3.72. The number of carbonyl (C=O) groups excluding carboxylic acids is 2. The van der Waals surface area contributed by atoms with Crippen LogP contribution in [0.25, 0.3) is 0 Å². The van der Waals surface area contributed by atoms with E-state index in [0.717, 1.165) is 5.56 Å². The van der Waals surface area contributed by atoms with Crippen LogP contribution in [0.15, 0.2) is 46.9 Å². The summed E-state index contributed by atoms with van der Waals surface area (Å²) >= 11 is 3.37. The van der Waals surface area contributed by atoms with Gasteiger partial charge in [-0.15, -0.1) is 0 Å². The van der Waals surface area contributed by atoms with Crippen LogP contribution in [-0.4, -0.2) is 18.3 Å². The van der Waals surface area contributed by atoms with Crippen molar-refractivity contribution in [2.75, 3.05) is 6.61 Å². The number of ether oxygens (including phenoxy) is 1. The van der Waals surface area contributed by atoms with Gasteiger partial charge < -0.3 is 4.74 Å². The molecule has 2 aromatic rings. The second-order valence-corrected chi connectivity index (χ2v) is 5.52. The molecule has 0 atom stereocenters. The van der Waals surface area contributed by atoms with E-state index in [4.69, 9.17) is 10.6 Å². The summed E-state index contributed by atoms with van der Waals surface area (Å²) < 4.78 is 6.10. The number of hydrazine groups is 1. The van der Waals surface area contributed by atoms with Gasteiger partial charge in [-0.2, -0.15) is 0 Å². The van der Waals surface area contributed by atoms with Crippen LogP contribution in [0.3, 0.4) is 0 Å². The predicted octanol–water partition coefficient (Wildman–Crippen LogP) is 2.36. The minimum Gasteiger partial charge on any atom is -0.483 e. The van der Waals surface area contributed by atoms with Crippen molar-refractivity contribution in [2.45, 2.75) is 6.92 Å². The van der Waals surface area contributed by atoms with E-state index in [2.05, 4.69) is 15.9 Å². The number of nitrogens with one attached hydrogen (secondary N) is 1. The molecule has 0 bridgehead atoms. The van der Waals surface area contributed by atoms with Crippen molar-refractivity contribution in [3.8, 4) is 5.75 Å². The van der Waals surface area contributed by atoms with E-state index in [-0.39, 0.29) is 12.4 Å². The molecule has 0 aliphatic heterocycles. The Hall–Kier alpha value is -2.18. The maximum atomic E-state index is 12.7. The lowest BCUT2D eigenvalue weighted by Gasteiger charge is -2.12.